The summed E-state index contributed by atoms with van der Waals surface area (Å²) in [6.07, 6.45) is 0. The van der Waals surface area contributed by atoms with Gasteiger partial charge in [-0.25, -0.2) is 4.39 Å². The Kier molecular flexibility index (Phi) is 3.46. The Morgan fingerprint density at radius 3 is 3.00 bits per heavy atom. The minimum Gasteiger partial charge on any atom is -0.491 e. The molecule has 21 heavy (non-hydrogen) atoms. The lowest BCUT2D eigenvalue weighted by Gasteiger charge is -2.08. The normalized spacial score (nSPS) is 16.0. The molecule has 106 valence electrons. The molecule has 0 saturated heterocycles. The molecule has 5 heteroatoms. The molecule has 1 heterocycles. The summed E-state index contributed by atoms with van der Waals surface area (Å²) in [6.45, 7) is 0.724. The summed E-state index contributed by atoms with van der Waals surface area (Å²) in [6, 6.07) is 11.5. The number of fused-ring (bicyclic) bond motifs is 1. The minimum atomic E-state index is -0.527. The number of hydrogen-bond acceptors (Lipinski definition) is 4. The van der Waals surface area contributed by atoms with Crippen LogP contribution in [0, 0.1) is 17.1 Å². The average molecular weight is 284 g/mol. The lowest BCUT2D eigenvalue weighted by atomic mass is 10.1. The zero-order valence-electron chi connectivity index (χ0n) is 11.2. The lowest BCUT2D eigenvalue weighted by molar-refractivity contribution is 0.300. The van der Waals surface area contributed by atoms with Crippen LogP contribution in [0.5, 0.6) is 11.5 Å². The van der Waals surface area contributed by atoms with Gasteiger partial charge in [-0.1, -0.05) is 6.07 Å². The molecule has 4 nitrogen and oxygen atoms in total. The zero-order valence-corrected chi connectivity index (χ0v) is 11.2. The van der Waals surface area contributed by atoms with Crippen LogP contribution in [0.25, 0.3) is 0 Å². The van der Waals surface area contributed by atoms with Gasteiger partial charge in [-0.2, -0.15) is 5.26 Å². The highest BCUT2D eigenvalue weighted by atomic mass is 19.1. The predicted molar refractivity (Wildman–Crippen MR) is 74.3 cm³/mol. The van der Waals surface area contributed by atoms with Gasteiger partial charge >= 0.3 is 0 Å². The van der Waals surface area contributed by atoms with E-state index in [2.05, 4.69) is 0 Å². The van der Waals surface area contributed by atoms with Gasteiger partial charge in [0.15, 0.2) is 0 Å². The van der Waals surface area contributed by atoms with Crippen molar-refractivity contribution in [2.24, 2.45) is 5.73 Å². The number of rotatable bonds is 3. The van der Waals surface area contributed by atoms with Gasteiger partial charge in [0.25, 0.3) is 0 Å². The molecule has 1 atom stereocenters. The molecule has 0 spiro atoms. The molecule has 1 aliphatic rings. The Hall–Kier alpha value is -2.58. The molecule has 1 unspecified atom stereocenters. The molecular formula is C16H13FN2O2. The molecule has 0 aliphatic carbocycles. The minimum absolute atomic E-state index is 0.0133. The van der Waals surface area contributed by atoms with E-state index >= 15 is 0 Å². The molecule has 0 fully saturated rings. The molecule has 2 N–H and O–H groups in total. The Labute approximate surface area is 121 Å². The first-order valence-electron chi connectivity index (χ1n) is 6.51. The third-order valence-corrected chi connectivity index (χ3v) is 3.36. The second kappa shape index (κ2) is 5.43. The van der Waals surface area contributed by atoms with Crippen molar-refractivity contribution in [3.63, 3.8) is 0 Å². The summed E-state index contributed by atoms with van der Waals surface area (Å²) in [5.74, 6) is 0.851. The molecule has 0 aromatic heterocycles. The maximum absolute atomic E-state index is 13.2. The quantitative estimate of drug-likeness (QED) is 0.940. The van der Waals surface area contributed by atoms with E-state index in [1.165, 1.54) is 12.1 Å². The lowest BCUT2D eigenvalue weighted by Crippen LogP contribution is -2.10. The van der Waals surface area contributed by atoms with Crippen LogP contribution in [0.1, 0.15) is 22.7 Å². The van der Waals surface area contributed by atoms with E-state index in [0.29, 0.717) is 12.4 Å². The van der Waals surface area contributed by atoms with Gasteiger partial charge in [0.1, 0.15) is 36.6 Å². The maximum atomic E-state index is 13.2. The highest BCUT2D eigenvalue weighted by molar-refractivity contribution is 5.45. The Bertz CT molecular complexity index is 725. The van der Waals surface area contributed by atoms with Crippen LogP contribution in [0.15, 0.2) is 36.4 Å². The van der Waals surface area contributed by atoms with Crippen molar-refractivity contribution in [2.75, 3.05) is 6.61 Å². The highest BCUT2D eigenvalue weighted by Gasteiger charge is 2.20. The molecule has 0 saturated carbocycles. The van der Waals surface area contributed by atoms with Crippen molar-refractivity contribution in [1.82, 2.24) is 0 Å². The van der Waals surface area contributed by atoms with E-state index in [9.17, 15) is 4.39 Å². The third kappa shape index (κ3) is 2.67. The zero-order chi connectivity index (χ0) is 14.8. The SMILES string of the molecule is N#Cc1cc(COc2ccc3c(c2)OCC3N)ccc1F. The van der Waals surface area contributed by atoms with E-state index in [1.807, 2.05) is 18.2 Å². The molecule has 3 rings (SSSR count). The van der Waals surface area contributed by atoms with Crippen molar-refractivity contribution in [3.8, 4) is 17.6 Å². The number of nitrogens with two attached hydrogens (primary N) is 1. The molecule has 0 amide bonds. The molecule has 0 bridgehead atoms. The number of halogens is 1. The van der Waals surface area contributed by atoms with E-state index in [4.69, 9.17) is 20.5 Å². The maximum Gasteiger partial charge on any atom is 0.140 e. The summed E-state index contributed by atoms with van der Waals surface area (Å²) in [7, 11) is 0. The predicted octanol–water partition coefficient (Wildman–Crippen LogP) is 2.67. The van der Waals surface area contributed by atoms with Crippen molar-refractivity contribution in [3.05, 3.63) is 58.9 Å². The fraction of sp³-hybridized carbons (Fsp3) is 0.188. The second-order valence-electron chi connectivity index (χ2n) is 4.83. The smallest absolute Gasteiger partial charge is 0.140 e. The third-order valence-electron chi connectivity index (χ3n) is 3.36. The number of benzene rings is 2. The van der Waals surface area contributed by atoms with Crippen LogP contribution in [0.2, 0.25) is 0 Å². The van der Waals surface area contributed by atoms with Gasteiger partial charge in [0.05, 0.1) is 11.6 Å². The number of nitrogens with zero attached hydrogens (tertiary/aromatic N) is 1. The van der Waals surface area contributed by atoms with Gasteiger partial charge in [-0.15, -0.1) is 0 Å². The van der Waals surface area contributed by atoms with E-state index < -0.39 is 5.82 Å². The van der Waals surface area contributed by atoms with Crippen LogP contribution < -0.4 is 15.2 Å². The molecule has 1 aliphatic heterocycles. The van der Waals surface area contributed by atoms with Crippen LogP contribution in [-0.4, -0.2) is 6.61 Å². The summed E-state index contributed by atoms with van der Waals surface area (Å²) in [5.41, 5.74) is 7.59. The number of hydrogen-bond donors (Lipinski definition) is 1. The average Bonchev–Trinajstić information content (AvgIpc) is 2.87. The van der Waals surface area contributed by atoms with E-state index in [-0.39, 0.29) is 18.2 Å². The Morgan fingerprint density at radius 1 is 1.33 bits per heavy atom. The molecular weight excluding hydrogens is 271 g/mol. The van der Waals surface area contributed by atoms with Gasteiger partial charge in [-0.05, 0) is 29.8 Å². The van der Waals surface area contributed by atoms with Crippen molar-refractivity contribution in [2.45, 2.75) is 12.6 Å². The standard InChI is InChI=1S/C16H13FN2O2/c17-14-4-1-10(5-11(14)7-18)8-20-12-2-3-13-15(19)9-21-16(13)6-12/h1-6,15H,8-9,19H2. The fourth-order valence-corrected chi connectivity index (χ4v) is 2.22. The second-order valence-corrected chi connectivity index (χ2v) is 4.83. The van der Waals surface area contributed by atoms with Crippen molar-refractivity contribution in [1.29, 1.82) is 5.26 Å². The summed E-state index contributed by atoms with van der Waals surface area (Å²) >= 11 is 0. The first-order chi connectivity index (χ1) is 10.2. The topological polar surface area (TPSA) is 68.3 Å². The number of ether oxygens (including phenoxy) is 2. The monoisotopic (exact) mass is 284 g/mol. The van der Waals surface area contributed by atoms with Gasteiger partial charge in [0, 0.05) is 11.6 Å². The molecule has 0 radical (unpaired) electrons. The summed E-state index contributed by atoms with van der Waals surface area (Å²) in [4.78, 5) is 0. The Balaban J connectivity index is 1.72. The van der Waals surface area contributed by atoms with Crippen LogP contribution in [-0.2, 0) is 6.61 Å². The highest BCUT2D eigenvalue weighted by Crippen LogP contribution is 2.34. The van der Waals surface area contributed by atoms with E-state index in [0.717, 1.165) is 16.9 Å². The molecule has 2 aromatic carbocycles. The van der Waals surface area contributed by atoms with Crippen molar-refractivity contribution < 1.29 is 13.9 Å². The van der Waals surface area contributed by atoms with Crippen LogP contribution in [0.4, 0.5) is 4.39 Å². The first-order valence-corrected chi connectivity index (χ1v) is 6.51. The van der Waals surface area contributed by atoms with Gasteiger partial charge < -0.3 is 15.2 Å². The number of nitriles is 1. The van der Waals surface area contributed by atoms with Gasteiger partial charge in [0.2, 0.25) is 0 Å². The van der Waals surface area contributed by atoms with Crippen molar-refractivity contribution >= 4 is 0 Å². The first kappa shape index (κ1) is 13.4. The molecule has 2 aromatic rings. The van der Waals surface area contributed by atoms with Gasteiger partial charge in [-0.3, -0.25) is 0 Å². The van der Waals surface area contributed by atoms with E-state index in [1.54, 1.807) is 12.1 Å². The Morgan fingerprint density at radius 2 is 2.19 bits per heavy atom. The largest absolute Gasteiger partial charge is 0.491 e. The van der Waals surface area contributed by atoms with Crippen LogP contribution in [0.3, 0.4) is 0 Å². The van der Waals surface area contributed by atoms with Crippen LogP contribution >= 0.6 is 0 Å². The summed E-state index contributed by atoms with van der Waals surface area (Å²) < 4.78 is 24.3. The summed E-state index contributed by atoms with van der Waals surface area (Å²) in [5, 5.41) is 8.80. The fourth-order valence-electron chi connectivity index (χ4n) is 2.22.